The van der Waals surface area contributed by atoms with E-state index in [1.165, 1.54) is 5.56 Å². The molecular weight excluding hydrogens is 552 g/mol. The molecule has 0 N–H and O–H groups in total. The van der Waals surface area contributed by atoms with E-state index in [9.17, 15) is 9.59 Å². The van der Waals surface area contributed by atoms with Gasteiger partial charge >= 0.3 is 0 Å². The van der Waals surface area contributed by atoms with E-state index in [0.717, 1.165) is 60.5 Å². The molecule has 0 fully saturated rings. The molecular formula is C36H42N4O4. The topological polar surface area (TPSA) is 79.1 Å². The first-order valence-electron chi connectivity index (χ1n) is 15.4. The summed E-state index contributed by atoms with van der Waals surface area (Å²) in [5.74, 6) is 1.24. The minimum atomic E-state index is -0.107. The predicted octanol–water partition coefficient (Wildman–Crippen LogP) is 5.88. The average molecular weight is 595 g/mol. The maximum absolute atomic E-state index is 13.9. The van der Waals surface area contributed by atoms with Crippen LogP contribution in [-0.2, 0) is 29.1 Å². The summed E-state index contributed by atoms with van der Waals surface area (Å²) in [6.07, 6.45) is 1.88. The molecule has 0 spiro atoms. The molecule has 1 aliphatic rings. The molecule has 8 nitrogen and oxygen atoms in total. The lowest BCUT2D eigenvalue weighted by Gasteiger charge is -2.32. The number of nitrogens with zero attached hydrogens (tertiary/aromatic N) is 4. The first-order chi connectivity index (χ1) is 21.4. The van der Waals surface area contributed by atoms with Crippen molar-refractivity contribution in [3.63, 3.8) is 0 Å². The van der Waals surface area contributed by atoms with Crippen molar-refractivity contribution in [3.05, 3.63) is 113 Å². The van der Waals surface area contributed by atoms with Crippen LogP contribution in [0.2, 0.25) is 0 Å². The molecule has 0 bridgehead atoms. The van der Waals surface area contributed by atoms with E-state index in [2.05, 4.69) is 34.3 Å². The molecule has 0 saturated heterocycles. The number of carbonyl (C=O) groups excluding carboxylic acids is 2. The number of hydrogen-bond acceptors (Lipinski definition) is 6. The van der Waals surface area contributed by atoms with Crippen molar-refractivity contribution in [2.24, 2.45) is 0 Å². The summed E-state index contributed by atoms with van der Waals surface area (Å²) in [7, 11) is 0. The summed E-state index contributed by atoms with van der Waals surface area (Å²) in [5.41, 5.74) is 5.63. The number of aromatic nitrogens is 1. The highest BCUT2D eigenvalue weighted by Gasteiger charge is 2.26. The van der Waals surface area contributed by atoms with Gasteiger partial charge in [0, 0.05) is 44.8 Å². The third kappa shape index (κ3) is 7.94. The molecule has 1 aliphatic heterocycles. The summed E-state index contributed by atoms with van der Waals surface area (Å²) in [4.78, 5) is 34.0. The van der Waals surface area contributed by atoms with Gasteiger partial charge in [-0.1, -0.05) is 71.9 Å². The van der Waals surface area contributed by atoms with Crippen molar-refractivity contribution in [3.8, 4) is 5.75 Å². The van der Waals surface area contributed by atoms with Gasteiger partial charge in [0.05, 0.1) is 17.8 Å². The number of aryl methyl sites for hydroxylation is 3. The molecule has 1 aromatic heterocycles. The Bertz CT molecular complexity index is 1520. The molecule has 230 valence electrons. The maximum Gasteiger partial charge on any atom is 0.264 e. The van der Waals surface area contributed by atoms with Crippen LogP contribution in [0, 0.1) is 20.8 Å². The summed E-state index contributed by atoms with van der Waals surface area (Å²) < 4.78 is 11.3. The highest BCUT2D eigenvalue weighted by atomic mass is 16.5. The highest BCUT2D eigenvalue weighted by molar-refractivity contribution is 5.96. The van der Waals surface area contributed by atoms with Gasteiger partial charge in [-0.25, -0.2) is 0 Å². The molecule has 44 heavy (non-hydrogen) atoms. The van der Waals surface area contributed by atoms with Gasteiger partial charge in [-0.3, -0.25) is 14.5 Å². The maximum atomic E-state index is 13.9. The van der Waals surface area contributed by atoms with Gasteiger partial charge in [-0.15, -0.1) is 0 Å². The summed E-state index contributed by atoms with van der Waals surface area (Å²) in [6.45, 7) is 9.72. The number of hydrogen-bond donors (Lipinski definition) is 0. The Morgan fingerprint density at radius 2 is 1.52 bits per heavy atom. The van der Waals surface area contributed by atoms with Crippen LogP contribution in [0.3, 0.4) is 0 Å². The van der Waals surface area contributed by atoms with Crippen molar-refractivity contribution in [1.29, 1.82) is 0 Å². The van der Waals surface area contributed by atoms with Crippen molar-refractivity contribution in [2.45, 2.75) is 53.1 Å². The molecule has 4 aromatic rings. The zero-order chi connectivity index (χ0) is 30.9. The monoisotopic (exact) mass is 594 g/mol. The SMILES string of the molecule is Cc1cccc2c1N(C(=O)COc1ccccc1)CCCN(Cc1ccccc1)CCCN(C(=O)Cc1c(C)noc1C)C2. The first-order valence-corrected chi connectivity index (χ1v) is 15.4. The van der Waals surface area contributed by atoms with E-state index < -0.39 is 0 Å². The smallest absolute Gasteiger partial charge is 0.264 e. The molecule has 0 radical (unpaired) electrons. The van der Waals surface area contributed by atoms with Gasteiger partial charge < -0.3 is 19.1 Å². The number of para-hydroxylation sites is 2. The van der Waals surface area contributed by atoms with E-state index in [1.54, 1.807) is 0 Å². The van der Waals surface area contributed by atoms with Crippen LogP contribution in [0.4, 0.5) is 5.69 Å². The Kier molecular flexibility index (Phi) is 10.5. The molecule has 0 unspecified atom stereocenters. The second-order valence-electron chi connectivity index (χ2n) is 11.5. The molecule has 8 heteroatoms. The third-order valence-corrected chi connectivity index (χ3v) is 8.23. The van der Waals surface area contributed by atoms with E-state index in [0.29, 0.717) is 31.1 Å². The van der Waals surface area contributed by atoms with Crippen LogP contribution < -0.4 is 9.64 Å². The quantitative estimate of drug-likeness (QED) is 0.266. The minimum absolute atomic E-state index is 0.0174. The lowest BCUT2D eigenvalue weighted by Crippen LogP contribution is -2.41. The van der Waals surface area contributed by atoms with Gasteiger partial charge in [0.2, 0.25) is 5.91 Å². The Morgan fingerprint density at radius 1 is 0.818 bits per heavy atom. The van der Waals surface area contributed by atoms with Crippen LogP contribution in [0.5, 0.6) is 5.75 Å². The molecule has 3 aromatic carbocycles. The van der Waals surface area contributed by atoms with E-state index >= 15 is 0 Å². The van der Waals surface area contributed by atoms with Crippen molar-refractivity contribution in [1.82, 2.24) is 15.0 Å². The molecule has 0 aliphatic carbocycles. The lowest BCUT2D eigenvalue weighted by molar-refractivity contribution is -0.131. The Hall–Kier alpha value is -4.43. The fourth-order valence-corrected chi connectivity index (χ4v) is 5.90. The summed E-state index contributed by atoms with van der Waals surface area (Å²) in [5, 5.41) is 4.06. The number of rotatable bonds is 7. The van der Waals surface area contributed by atoms with Crippen LogP contribution in [0.25, 0.3) is 0 Å². The molecule has 2 amide bonds. The number of ether oxygens (including phenoxy) is 1. The summed E-state index contributed by atoms with van der Waals surface area (Å²) in [6, 6.07) is 25.9. The predicted molar refractivity (Wildman–Crippen MR) is 172 cm³/mol. The Balaban J connectivity index is 1.45. The van der Waals surface area contributed by atoms with Crippen LogP contribution >= 0.6 is 0 Å². The minimum Gasteiger partial charge on any atom is -0.484 e. The van der Waals surface area contributed by atoms with Gasteiger partial charge in [-0.05, 0) is 62.4 Å². The number of benzene rings is 3. The number of carbonyl (C=O) groups is 2. The van der Waals surface area contributed by atoms with E-state index in [1.807, 2.05) is 85.2 Å². The highest BCUT2D eigenvalue weighted by Crippen LogP contribution is 2.29. The summed E-state index contributed by atoms with van der Waals surface area (Å²) >= 11 is 0. The van der Waals surface area contributed by atoms with Gasteiger partial charge in [-0.2, -0.15) is 0 Å². The fourth-order valence-electron chi connectivity index (χ4n) is 5.90. The fraction of sp³-hybridized carbons (Fsp3) is 0.361. The molecule has 5 rings (SSSR count). The van der Waals surface area contributed by atoms with Gasteiger partial charge in [0.25, 0.3) is 5.91 Å². The molecule has 2 heterocycles. The van der Waals surface area contributed by atoms with Gasteiger partial charge in [0.1, 0.15) is 11.5 Å². The molecule has 0 saturated carbocycles. The Morgan fingerprint density at radius 3 is 2.23 bits per heavy atom. The normalized spacial score (nSPS) is 14.8. The zero-order valence-corrected chi connectivity index (χ0v) is 26.0. The Labute approximate surface area is 260 Å². The standard InChI is InChI=1S/C36H42N4O4/c1-27-13-10-16-31-25-39(34(41)23-33-28(2)37-44-29(33)3)21-11-19-38(24-30-14-6-4-7-15-30)20-12-22-40(36(27)31)35(42)26-43-32-17-8-5-9-18-32/h4-10,13-18H,11-12,19-26H2,1-3H3. The van der Waals surface area contributed by atoms with Crippen LogP contribution in [0.1, 0.15) is 46.5 Å². The third-order valence-electron chi connectivity index (χ3n) is 8.23. The number of anilines is 1. The van der Waals surface area contributed by atoms with Gasteiger partial charge in [0.15, 0.2) is 6.61 Å². The molecule has 0 atom stereocenters. The number of fused-ring (bicyclic) bond motifs is 1. The van der Waals surface area contributed by atoms with E-state index in [4.69, 9.17) is 9.26 Å². The second kappa shape index (κ2) is 14.8. The average Bonchev–Trinajstić information content (AvgIpc) is 3.34. The largest absolute Gasteiger partial charge is 0.484 e. The lowest BCUT2D eigenvalue weighted by atomic mass is 10.0. The second-order valence-corrected chi connectivity index (χ2v) is 11.5. The first kappa shape index (κ1) is 31.0. The van der Waals surface area contributed by atoms with Crippen molar-refractivity contribution in [2.75, 3.05) is 37.7 Å². The van der Waals surface area contributed by atoms with Crippen molar-refractivity contribution >= 4 is 17.5 Å². The van der Waals surface area contributed by atoms with Crippen LogP contribution in [0.15, 0.2) is 83.4 Å². The zero-order valence-electron chi connectivity index (χ0n) is 26.0. The van der Waals surface area contributed by atoms with Crippen LogP contribution in [-0.4, -0.2) is 59.6 Å². The number of amides is 2. The van der Waals surface area contributed by atoms with Crippen molar-refractivity contribution < 1.29 is 18.8 Å². The van der Waals surface area contributed by atoms with E-state index in [-0.39, 0.29) is 24.8 Å².